The lowest BCUT2D eigenvalue weighted by atomic mass is 9.87. The Labute approximate surface area is 337 Å². The van der Waals surface area contributed by atoms with Gasteiger partial charge in [-0.3, -0.25) is 19.3 Å². The summed E-state index contributed by atoms with van der Waals surface area (Å²) in [5.74, 6) is 0.826. The zero-order valence-electron chi connectivity index (χ0n) is 35.1. The summed E-state index contributed by atoms with van der Waals surface area (Å²) in [5.41, 5.74) is 0.821. The maximum absolute atomic E-state index is 12.3. The zero-order chi connectivity index (χ0) is 43.7. The maximum Gasteiger partial charge on any atom is 0.407 e. The molecule has 1 aromatic heterocycles. The van der Waals surface area contributed by atoms with E-state index in [0.29, 0.717) is 25.0 Å². The predicted octanol–water partition coefficient (Wildman–Crippen LogP) is 6.00. The summed E-state index contributed by atoms with van der Waals surface area (Å²) in [7, 11) is -0.646. The van der Waals surface area contributed by atoms with Crippen molar-refractivity contribution in [1.82, 2.24) is 25.2 Å². The van der Waals surface area contributed by atoms with Crippen molar-refractivity contribution in [2.75, 3.05) is 40.1 Å². The fraction of sp³-hybridized carbons (Fsp3) is 0.548. The fourth-order valence-electron chi connectivity index (χ4n) is 4.93. The SMILES string of the molecule is C#C.C#C.CC(C)C.CCCCC/C=C\C(C(C)C)C(NC)C(=O)NS(C)(=O)=O.CCN(C(=O)CNC(=O)OC)[C@H](C=O)CCOc1ccnc2ccccc12. The highest BCUT2D eigenvalue weighted by atomic mass is 32.2. The number of allylic oxidation sites excluding steroid dienone is 1. The summed E-state index contributed by atoms with van der Waals surface area (Å²) in [6.07, 6.45) is 27.6. The number of hydrogen-bond acceptors (Lipinski definition) is 10. The van der Waals surface area contributed by atoms with Gasteiger partial charge in [0.2, 0.25) is 15.9 Å². The number of carbonyl (C=O) groups is 4. The molecule has 13 nitrogen and oxygen atoms in total. The number of para-hydroxylation sites is 1. The van der Waals surface area contributed by atoms with Gasteiger partial charge >= 0.3 is 6.09 Å². The quantitative estimate of drug-likeness (QED) is 0.0663. The number of terminal acetylenes is 2. The number of sulfonamides is 1. The summed E-state index contributed by atoms with van der Waals surface area (Å²) >= 11 is 0. The summed E-state index contributed by atoms with van der Waals surface area (Å²) in [6.45, 7) is 14.8. The number of hydrogen-bond donors (Lipinski definition) is 3. The monoisotopic (exact) mass is 801 g/mol. The number of nitrogens with one attached hydrogen (secondary N) is 3. The van der Waals surface area contributed by atoms with E-state index < -0.39 is 34.1 Å². The van der Waals surface area contributed by atoms with Crippen LogP contribution in [0.4, 0.5) is 4.79 Å². The smallest absolute Gasteiger partial charge is 0.407 e. The first kappa shape index (κ1) is 55.4. The molecule has 0 saturated carbocycles. The normalized spacial score (nSPS) is 12.0. The van der Waals surface area contributed by atoms with Crippen molar-refractivity contribution in [1.29, 1.82) is 0 Å². The lowest BCUT2D eigenvalue weighted by Crippen LogP contribution is -2.49. The molecule has 14 heteroatoms. The Bertz CT molecular complexity index is 1560. The number of pyridine rings is 1. The molecule has 56 heavy (non-hydrogen) atoms. The van der Waals surface area contributed by atoms with Crippen molar-refractivity contribution in [3.8, 4) is 31.4 Å². The highest BCUT2D eigenvalue weighted by Crippen LogP contribution is 2.23. The number of aromatic nitrogens is 1. The van der Waals surface area contributed by atoms with E-state index in [1.54, 1.807) is 26.2 Å². The zero-order valence-corrected chi connectivity index (χ0v) is 35.9. The molecule has 3 atom stereocenters. The Balaban J connectivity index is -0.000000865. The molecule has 0 aliphatic carbocycles. The minimum atomic E-state index is -3.53. The molecule has 1 aromatic carbocycles. The topological polar surface area (TPSA) is 173 Å². The van der Waals surface area contributed by atoms with Gasteiger partial charge in [-0.1, -0.05) is 78.7 Å². The molecule has 3 N–H and O–H groups in total. The van der Waals surface area contributed by atoms with E-state index in [4.69, 9.17) is 4.74 Å². The maximum atomic E-state index is 12.3. The first-order valence-corrected chi connectivity index (χ1v) is 20.5. The first-order valence-electron chi connectivity index (χ1n) is 18.6. The van der Waals surface area contributed by atoms with Crippen LogP contribution in [-0.2, 0) is 29.1 Å². The highest BCUT2D eigenvalue weighted by molar-refractivity contribution is 7.89. The standard InChI is InChI=1S/C19H23N3O5.C15H30N2O3S.C4H10.2C2H2/c1-3-22(18(24)12-21-19(25)26-2)14(13-23)9-11-27-17-8-10-20-16-7-5-4-6-15(16)17;1-6-7-8-9-10-11-13(12(2)3)14(16-4)15(18)17-21(5,19)20;1-4(2)3;2*1-2/h4-8,10,13-14H,3,9,11-12H2,1-2H3,(H,21,25);10-14,16H,6-9H2,1-5H3,(H,17,18);4H,1-3H3;2*1-2H/b;11-10-;;;/t14-;;;;/m0..../s1. The predicted molar refractivity (Wildman–Crippen MR) is 227 cm³/mol. The molecule has 0 spiro atoms. The third kappa shape index (κ3) is 25.2. The van der Waals surface area contributed by atoms with Crippen LogP contribution in [0.3, 0.4) is 0 Å². The number of benzene rings is 1. The Hall–Kier alpha value is -4.92. The lowest BCUT2D eigenvalue weighted by Gasteiger charge is -2.27. The second-order valence-electron chi connectivity index (χ2n) is 13.2. The summed E-state index contributed by atoms with van der Waals surface area (Å²) in [4.78, 5) is 52.6. The van der Waals surface area contributed by atoms with Gasteiger partial charge in [0.25, 0.3) is 5.91 Å². The van der Waals surface area contributed by atoms with Crippen molar-refractivity contribution < 1.29 is 37.1 Å². The van der Waals surface area contributed by atoms with E-state index in [9.17, 15) is 27.6 Å². The Morgan fingerprint density at radius 1 is 0.982 bits per heavy atom. The molecule has 0 saturated heterocycles. The van der Waals surface area contributed by atoms with Crippen LogP contribution in [0, 0.1) is 43.4 Å². The number of alkyl carbamates (subject to hydrolysis) is 1. The van der Waals surface area contributed by atoms with Crippen molar-refractivity contribution in [2.24, 2.45) is 17.8 Å². The average Bonchev–Trinajstić information content (AvgIpc) is 3.16. The van der Waals surface area contributed by atoms with Crippen LogP contribution in [0.1, 0.15) is 80.6 Å². The van der Waals surface area contributed by atoms with Crippen molar-refractivity contribution >= 4 is 45.1 Å². The fourth-order valence-corrected chi connectivity index (χ4v) is 5.42. The number of likely N-dealkylation sites (N-methyl/N-ethyl adjacent to an activating group) is 2. The molecule has 2 unspecified atom stereocenters. The Kier molecular flexibility index (Phi) is 33.1. The van der Waals surface area contributed by atoms with Crippen LogP contribution < -0.4 is 20.1 Å². The van der Waals surface area contributed by atoms with Gasteiger partial charge in [0, 0.05) is 30.5 Å². The number of fused-ring (bicyclic) bond motifs is 1. The van der Waals surface area contributed by atoms with Gasteiger partial charge in [-0.15, -0.1) is 25.7 Å². The van der Waals surface area contributed by atoms with Crippen LogP contribution in [0.25, 0.3) is 10.9 Å². The Morgan fingerprint density at radius 3 is 2.09 bits per heavy atom. The van der Waals surface area contributed by atoms with Crippen LogP contribution in [-0.4, -0.2) is 94.7 Å². The molecule has 314 valence electrons. The number of carbonyl (C=O) groups excluding carboxylic acids is 4. The van der Waals surface area contributed by atoms with E-state index in [2.05, 4.69) is 84.5 Å². The number of rotatable bonds is 19. The molecule has 2 aromatic rings. The molecule has 0 aliphatic rings. The van der Waals surface area contributed by atoms with Gasteiger partial charge in [-0.2, -0.15) is 0 Å². The minimum absolute atomic E-state index is 0.0432. The second kappa shape index (κ2) is 33.4. The molecule has 3 amide bonds. The van der Waals surface area contributed by atoms with E-state index >= 15 is 0 Å². The van der Waals surface area contributed by atoms with E-state index in [-0.39, 0.29) is 30.9 Å². The molecule has 0 aliphatic heterocycles. The lowest BCUT2D eigenvalue weighted by molar-refractivity contribution is -0.135. The Morgan fingerprint density at radius 2 is 1.59 bits per heavy atom. The first-order chi connectivity index (χ1) is 26.6. The van der Waals surface area contributed by atoms with Gasteiger partial charge in [-0.05, 0) is 56.8 Å². The molecule has 2 rings (SSSR count). The van der Waals surface area contributed by atoms with Gasteiger partial charge in [-0.25, -0.2) is 13.2 Å². The molecular weight excluding hydrogens is 735 g/mol. The third-order valence-electron chi connectivity index (χ3n) is 7.43. The number of aldehydes is 1. The van der Waals surface area contributed by atoms with E-state index in [1.165, 1.54) is 24.9 Å². The number of ether oxygens (including phenoxy) is 2. The van der Waals surface area contributed by atoms with Crippen LogP contribution in [0.2, 0.25) is 0 Å². The van der Waals surface area contributed by atoms with E-state index in [0.717, 1.165) is 35.9 Å². The van der Waals surface area contributed by atoms with Crippen molar-refractivity contribution in [3.05, 3.63) is 48.7 Å². The summed E-state index contributed by atoms with van der Waals surface area (Å²) < 4.78 is 34.7. The summed E-state index contributed by atoms with van der Waals surface area (Å²) in [6, 6.07) is 8.17. The molecule has 1 heterocycles. The molecule has 0 radical (unpaired) electrons. The van der Waals surface area contributed by atoms with Gasteiger partial charge in [0.15, 0.2) is 0 Å². The summed E-state index contributed by atoms with van der Waals surface area (Å²) in [5, 5.41) is 6.13. The van der Waals surface area contributed by atoms with Gasteiger partial charge < -0.3 is 29.8 Å². The second-order valence-corrected chi connectivity index (χ2v) is 14.9. The van der Waals surface area contributed by atoms with Gasteiger partial charge in [0.05, 0.1) is 37.6 Å². The van der Waals surface area contributed by atoms with Crippen LogP contribution in [0.5, 0.6) is 5.75 Å². The van der Waals surface area contributed by atoms with Crippen LogP contribution in [0.15, 0.2) is 48.7 Å². The molecule has 0 bridgehead atoms. The molecule has 0 fully saturated rings. The van der Waals surface area contributed by atoms with Crippen molar-refractivity contribution in [3.63, 3.8) is 0 Å². The number of methoxy groups -OCH3 is 1. The third-order valence-corrected chi connectivity index (χ3v) is 8.01. The highest BCUT2D eigenvalue weighted by Gasteiger charge is 2.29. The number of unbranched alkanes of at least 4 members (excludes halogenated alkanes) is 3. The molecular formula is C42H67N5O8S. The minimum Gasteiger partial charge on any atom is -0.493 e. The van der Waals surface area contributed by atoms with Crippen LogP contribution >= 0.6 is 0 Å². The van der Waals surface area contributed by atoms with E-state index in [1.807, 2.05) is 44.2 Å². The van der Waals surface area contributed by atoms with Crippen molar-refractivity contribution in [2.45, 2.75) is 92.7 Å². The van der Waals surface area contributed by atoms with Gasteiger partial charge in [0.1, 0.15) is 18.6 Å². The number of nitrogens with zero attached hydrogens (tertiary/aromatic N) is 2. The largest absolute Gasteiger partial charge is 0.493 e. The average molecular weight is 802 g/mol. The number of amides is 3.